The second-order valence-corrected chi connectivity index (χ2v) is 2.99. The van der Waals surface area contributed by atoms with E-state index in [9.17, 15) is 4.57 Å². The van der Waals surface area contributed by atoms with Crippen LogP contribution in [-0.4, -0.2) is 18.1 Å². The zero-order valence-corrected chi connectivity index (χ0v) is 5.58. The summed E-state index contributed by atoms with van der Waals surface area (Å²) >= 11 is 0. The van der Waals surface area contributed by atoms with Gasteiger partial charge in [0.05, 0.1) is 13.2 Å². The molecule has 4 nitrogen and oxygen atoms in total. The molecule has 52 valence electrons. The van der Waals surface area contributed by atoms with Crippen LogP contribution in [0.25, 0.3) is 0 Å². The quantitative estimate of drug-likeness (QED) is 0.407. The van der Waals surface area contributed by atoms with Gasteiger partial charge < -0.3 is 4.89 Å². The molecule has 0 aromatic heterocycles. The maximum absolute atomic E-state index is 10.5. The molecule has 9 heavy (non-hydrogen) atoms. The van der Waals surface area contributed by atoms with Crippen molar-refractivity contribution in [3.8, 4) is 0 Å². The summed E-state index contributed by atoms with van der Waals surface area (Å²) in [7, 11) is -3.69. The Hall–Kier alpha value is -0.150. The summed E-state index contributed by atoms with van der Waals surface area (Å²) in [6.45, 7) is 0.293. The van der Waals surface area contributed by atoms with E-state index in [1.165, 1.54) is 0 Å². The third-order valence-electron chi connectivity index (χ3n) is 0.834. The molecule has 0 radical (unpaired) electrons. The largest absolute Gasteiger partial charge is 0.472 e. The summed E-state index contributed by atoms with van der Waals surface area (Å²) in [4.78, 5) is 8.63. The van der Waals surface area contributed by atoms with Gasteiger partial charge in [0.1, 0.15) is 0 Å². The van der Waals surface area contributed by atoms with Gasteiger partial charge in [0, 0.05) is 0 Å². The highest BCUT2D eigenvalue weighted by atomic mass is 31.2. The molecule has 1 aliphatic heterocycles. The van der Waals surface area contributed by atoms with Crippen LogP contribution in [0.15, 0.2) is 12.2 Å². The van der Waals surface area contributed by atoms with Gasteiger partial charge >= 0.3 is 7.82 Å². The van der Waals surface area contributed by atoms with Crippen molar-refractivity contribution in [1.29, 1.82) is 0 Å². The van der Waals surface area contributed by atoms with Gasteiger partial charge in [-0.05, 0) is 0 Å². The lowest BCUT2D eigenvalue weighted by atomic mass is 10.5. The third-order valence-corrected chi connectivity index (χ3v) is 1.79. The van der Waals surface area contributed by atoms with Crippen LogP contribution in [0.3, 0.4) is 0 Å². The Morgan fingerprint density at radius 3 is 2.22 bits per heavy atom. The van der Waals surface area contributed by atoms with Gasteiger partial charge in [-0.3, -0.25) is 9.05 Å². The number of hydrogen-bond donors (Lipinski definition) is 1. The molecule has 1 heterocycles. The van der Waals surface area contributed by atoms with Gasteiger partial charge in [-0.25, -0.2) is 4.57 Å². The van der Waals surface area contributed by atoms with Crippen molar-refractivity contribution >= 4 is 7.82 Å². The van der Waals surface area contributed by atoms with E-state index in [2.05, 4.69) is 9.05 Å². The van der Waals surface area contributed by atoms with Crippen LogP contribution in [0.1, 0.15) is 0 Å². The van der Waals surface area contributed by atoms with E-state index in [1.54, 1.807) is 12.2 Å². The van der Waals surface area contributed by atoms with E-state index in [-0.39, 0.29) is 13.2 Å². The maximum atomic E-state index is 10.5. The zero-order chi connectivity index (χ0) is 6.74. The molecule has 1 aliphatic rings. The van der Waals surface area contributed by atoms with Crippen molar-refractivity contribution in [2.45, 2.75) is 0 Å². The molecular formula is C4H7O4P. The van der Waals surface area contributed by atoms with Crippen molar-refractivity contribution in [1.82, 2.24) is 0 Å². The van der Waals surface area contributed by atoms with Crippen LogP contribution >= 0.6 is 7.82 Å². The predicted molar refractivity (Wildman–Crippen MR) is 30.9 cm³/mol. The van der Waals surface area contributed by atoms with Gasteiger partial charge in [-0.2, -0.15) is 0 Å². The molecule has 0 saturated heterocycles. The van der Waals surface area contributed by atoms with Crippen LogP contribution in [-0.2, 0) is 13.6 Å². The number of hydrogen-bond acceptors (Lipinski definition) is 3. The van der Waals surface area contributed by atoms with E-state index >= 15 is 0 Å². The van der Waals surface area contributed by atoms with Gasteiger partial charge in [0.25, 0.3) is 0 Å². The Balaban J connectivity index is 2.54. The Labute approximate surface area is 52.7 Å². The summed E-state index contributed by atoms with van der Waals surface area (Å²) in [6, 6.07) is 0. The first-order valence-electron chi connectivity index (χ1n) is 2.47. The van der Waals surface area contributed by atoms with E-state index in [4.69, 9.17) is 4.89 Å². The molecule has 0 saturated carbocycles. The van der Waals surface area contributed by atoms with Crippen molar-refractivity contribution in [2.75, 3.05) is 13.2 Å². The van der Waals surface area contributed by atoms with Crippen LogP contribution in [0.2, 0.25) is 0 Å². The highest BCUT2D eigenvalue weighted by Gasteiger charge is 2.20. The van der Waals surface area contributed by atoms with Crippen LogP contribution in [0.5, 0.6) is 0 Å². The van der Waals surface area contributed by atoms with Gasteiger partial charge in [0.15, 0.2) is 0 Å². The second kappa shape index (κ2) is 2.62. The molecule has 0 aromatic rings. The lowest BCUT2D eigenvalue weighted by molar-refractivity contribution is 0.181. The third kappa shape index (κ3) is 2.28. The smallest absolute Gasteiger partial charge is 0.302 e. The fraction of sp³-hybridized carbons (Fsp3) is 0.500. The molecule has 0 bridgehead atoms. The monoisotopic (exact) mass is 150 g/mol. The molecule has 1 N–H and O–H groups in total. The second-order valence-electron chi connectivity index (χ2n) is 1.53. The maximum Gasteiger partial charge on any atom is 0.472 e. The van der Waals surface area contributed by atoms with Crippen molar-refractivity contribution in [3.05, 3.63) is 12.2 Å². The van der Waals surface area contributed by atoms with Crippen LogP contribution < -0.4 is 0 Å². The van der Waals surface area contributed by atoms with E-state index in [1.807, 2.05) is 0 Å². The summed E-state index contributed by atoms with van der Waals surface area (Å²) in [6.07, 6.45) is 3.27. The number of phosphoric acid groups is 1. The van der Waals surface area contributed by atoms with Gasteiger partial charge in [0.2, 0.25) is 0 Å². The van der Waals surface area contributed by atoms with Crippen molar-refractivity contribution in [2.24, 2.45) is 0 Å². The molecule has 0 aromatic carbocycles. The fourth-order valence-corrected chi connectivity index (χ4v) is 1.07. The summed E-state index contributed by atoms with van der Waals surface area (Å²) < 4.78 is 19.3. The highest BCUT2D eigenvalue weighted by Crippen LogP contribution is 2.43. The zero-order valence-electron chi connectivity index (χ0n) is 4.69. The Bertz CT molecular complexity index is 150. The molecule has 0 aliphatic carbocycles. The first-order valence-corrected chi connectivity index (χ1v) is 3.97. The van der Waals surface area contributed by atoms with Gasteiger partial charge in [-0.1, -0.05) is 12.2 Å². The summed E-state index contributed by atoms with van der Waals surface area (Å²) in [5.41, 5.74) is 0. The van der Waals surface area contributed by atoms with Crippen LogP contribution in [0.4, 0.5) is 0 Å². The minimum absolute atomic E-state index is 0.147. The minimum Gasteiger partial charge on any atom is -0.302 e. The summed E-state index contributed by atoms with van der Waals surface area (Å²) in [5, 5.41) is 0. The lowest BCUT2D eigenvalue weighted by Gasteiger charge is -2.05. The lowest BCUT2D eigenvalue weighted by Crippen LogP contribution is -1.90. The van der Waals surface area contributed by atoms with Crippen LogP contribution in [0, 0.1) is 0 Å². The minimum atomic E-state index is -3.69. The first-order chi connectivity index (χ1) is 4.21. The van der Waals surface area contributed by atoms with E-state index < -0.39 is 7.82 Å². The molecule has 0 fully saturated rings. The number of phosphoric ester groups is 1. The summed E-state index contributed by atoms with van der Waals surface area (Å²) in [5.74, 6) is 0. The van der Waals surface area contributed by atoms with Crippen molar-refractivity contribution < 1.29 is 18.5 Å². The van der Waals surface area contributed by atoms with E-state index in [0.29, 0.717) is 0 Å². The predicted octanol–water partition coefficient (Wildman–Crippen LogP) is 0.690. The number of rotatable bonds is 0. The van der Waals surface area contributed by atoms with Gasteiger partial charge in [-0.15, -0.1) is 0 Å². The molecular weight excluding hydrogens is 143 g/mol. The Morgan fingerprint density at radius 2 is 1.78 bits per heavy atom. The highest BCUT2D eigenvalue weighted by molar-refractivity contribution is 7.47. The molecule has 0 atom stereocenters. The average molecular weight is 150 g/mol. The Morgan fingerprint density at radius 1 is 1.33 bits per heavy atom. The SMILES string of the molecule is O=P1(O)OCC=CCO1. The molecule has 0 amide bonds. The average Bonchev–Trinajstić information content (AvgIpc) is 1.92. The molecule has 0 spiro atoms. The van der Waals surface area contributed by atoms with Crippen molar-refractivity contribution in [3.63, 3.8) is 0 Å². The molecule has 0 unspecified atom stereocenters. The first kappa shape index (κ1) is 6.96. The molecule has 5 heteroatoms. The van der Waals surface area contributed by atoms with E-state index in [0.717, 1.165) is 0 Å². The normalized spacial score (nSPS) is 25.4. The standard InChI is InChI=1S/C4H7O4P/c5-9(6)7-3-1-2-4-8-9/h1-2H,3-4H2,(H,5,6). The molecule has 1 rings (SSSR count). The Kier molecular flexibility index (Phi) is 2.03. The topological polar surface area (TPSA) is 55.8 Å². The fourth-order valence-electron chi connectivity index (χ4n) is 0.448.